The molecule has 0 amide bonds. The zero-order valence-corrected chi connectivity index (χ0v) is 11.6. The molecule has 4 nitrogen and oxygen atoms in total. The highest BCUT2D eigenvalue weighted by Gasteiger charge is 2.35. The summed E-state index contributed by atoms with van der Waals surface area (Å²) in [7, 11) is 1.48. The maximum Gasteiger partial charge on any atom is 0.303 e. The summed E-state index contributed by atoms with van der Waals surface area (Å²) in [5.74, 6) is -0.209. The van der Waals surface area contributed by atoms with Gasteiger partial charge in [0.15, 0.2) is 11.5 Å². The fraction of sp³-hybridized carbons (Fsp3) is 0.462. The lowest BCUT2D eigenvalue weighted by atomic mass is 9.90. The van der Waals surface area contributed by atoms with Gasteiger partial charge in [0.2, 0.25) is 0 Å². The minimum absolute atomic E-state index is 0.0395. The van der Waals surface area contributed by atoms with Gasteiger partial charge in [0.05, 0.1) is 13.5 Å². The molecular weight excluding hydrogens is 300 g/mol. The number of benzene rings is 1. The van der Waals surface area contributed by atoms with E-state index in [-0.39, 0.29) is 18.1 Å². The Morgan fingerprint density at radius 2 is 2.22 bits per heavy atom. The standard InChI is InChI=1S/C13H15BrO4/c1-18-11-5-8(14)4-10(13(11)17)9(6-12(15)16)7-2-3-7/h4-5,7,9,17H,2-3,6H2,1H3,(H,15,16). The average Bonchev–Trinajstić information content (AvgIpc) is 3.12. The molecule has 1 fully saturated rings. The number of carboxylic acid groups (broad SMARTS) is 1. The van der Waals surface area contributed by atoms with Gasteiger partial charge in [-0.05, 0) is 30.9 Å². The Kier molecular flexibility index (Phi) is 3.80. The number of ether oxygens (including phenoxy) is 1. The van der Waals surface area contributed by atoms with Crippen LogP contribution in [0.25, 0.3) is 0 Å². The number of phenols is 1. The van der Waals surface area contributed by atoms with Gasteiger partial charge >= 0.3 is 5.97 Å². The van der Waals surface area contributed by atoms with E-state index in [1.807, 2.05) is 0 Å². The summed E-state index contributed by atoms with van der Waals surface area (Å²) in [6, 6.07) is 3.45. The van der Waals surface area contributed by atoms with E-state index < -0.39 is 5.97 Å². The van der Waals surface area contributed by atoms with Crippen molar-refractivity contribution >= 4 is 21.9 Å². The number of hydrogen-bond donors (Lipinski definition) is 2. The third kappa shape index (κ3) is 2.77. The smallest absolute Gasteiger partial charge is 0.303 e. The summed E-state index contributed by atoms with van der Waals surface area (Å²) in [5, 5.41) is 19.1. The second-order valence-corrected chi connectivity index (χ2v) is 5.50. The van der Waals surface area contributed by atoms with Crippen LogP contribution >= 0.6 is 15.9 Å². The van der Waals surface area contributed by atoms with Crippen molar-refractivity contribution in [3.05, 3.63) is 22.2 Å². The molecule has 98 valence electrons. The fourth-order valence-corrected chi connectivity index (χ4v) is 2.70. The Hall–Kier alpha value is -1.23. The van der Waals surface area contributed by atoms with Crippen molar-refractivity contribution in [3.8, 4) is 11.5 Å². The lowest BCUT2D eigenvalue weighted by Gasteiger charge is -2.18. The molecule has 1 saturated carbocycles. The Balaban J connectivity index is 2.40. The summed E-state index contributed by atoms with van der Waals surface area (Å²) >= 11 is 3.35. The Labute approximate surface area is 114 Å². The van der Waals surface area contributed by atoms with Gasteiger partial charge in [-0.15, -0.1) is 0 Å². The van der Waals surface area contributed by atoms with E-state index in [9.17, 15) is 9.90 Å². The number of hydrogen-bond acceptors (Lipinski definition) is 3. The number of phenolic OH excluding ortho intramolecular Hbond substituents is 1. The van der Waals surface area contributed by atoms with Gasteiger partial charge < -0.3 is 14.9 Å². The maximum atomic E-state index is 10.9. The Morgan fingerprint density at radius 1 is 1.56 bits per heavy atom. The van der Waals surface area contributed by atoms with Crippen molar-refractivity contribution in [2.24, 2.45) is 5.92 Å². The number of carbonyl (C=O) groups is 1. The number of rotatable bonds is 5. The number of methoxy groups -OCH3 is 1. The summed E-state index contributed by atoms with van der Waals surface area (Å²) in [4.78, 5) is 10.9. The quantitative estimate of drug-likeness (QED) is 0.876. The minimum Gasteiger partial charge on any atom is -0.504 e. The Morgan fingerprint density at radius 3 is 2.72 bits per heavy atom. The molecular formula is C13H15BrO4. The van der Waals surface area contributed by atoms with Crippen LogP contribution in [-0.4, -0.2) is 23.3 Å². The molecule has 2 N–H and O–H groups in total. The van der Waals surface area contributed by atoms with E-state index in [0.29, 0.717) is 17.2 Å². The van der Waals surface area contributed by atoms with Crippen LogP contribution in [0, 0.1) is 5.92 Å². The molecule has 0 bridgehead atoms. The molecule has 0 spiro atoms. The van der Waals surface area contributed by atoms with E-state index >= 15 is 0 Å². The van der Waals surface area contributed by atoms with Gasteiger partial charge in [0.1, 0.15) is 0 Å². The van der Waals surface area contributed by atoms with E-state index in [2.05, 4.69) is 15.9 Å². The first-order valence-corrected chi connectivity index (χ1v) is 6.60. The molecule has 1 atom stereocenters. The minimum atomic E-state index is -0.842. The summed E-state index contributed by atoms with van der Waals surface area (Å²) < 4.78 is 5.88. The predicted octanol–water partition coefficient (Wildman–Crippen LogP) is 3.13. The monoisotopic (exact) mass is 314 g/mol. The number of carboxylic acids is 1. The van der Waals surface area contributed by atoms with Gasteiger partial charge in [0.25, 0.3) is 0 Å². The van der Waals surface area contributed by atoms with Crippen molar-refractivity contribution in [3.63, 3.8) is 0 Å². The zero-order valence-electron chi connectivity index (χ0n) is 10.0. The van der Waals surface area contributed by atoms with Gasteiger partial charge in [-0.25, -0.2) is 0 Å². The van der Waals surface area contributed by atoms with E-state index in [4.69, 9.17) is 9.84 Å². The molecule has 1 aromatic rings. The molecule has 2 rings (SSSR count). The molecule has 1 aliphatic rings. The number of aromatic hydroxyl groups is 1. The summed E-state index contributed by atoms with van der Waals surface area (Å²) in [6.45, 7) is 0. The van der Waals surface area contributed by atoms with E-state index in [0.717, 1.165) is 17.3 Å². The third-order valence-electron chi connectivity index (χ3n) is 3.27. The molecule has 0 saturated heterocycles. The van der Waals surface area contributed by atoms with E-state index in [1.165, 1.54) is 7.11 Å². The largest absolute Gasteiger partial charge is 0.504 e. The molecule has 1 aromatic carbocycles. The van der Waals surface area contributed by atoms with Crippen molar-refractivity contribution in [2.75, 3.05) is 7.11 Å². The highest BCUT2D eigenvalue weighted by Crippen LogP contribution is 2.49. The maximum absolute atomic E-state index is 10.9. The van der Waals surface area contributed by atoms with E-state index in [1.54, 1.807) is 12.1 Å². The molecule has 1 unspecified atom stereocenters. The molecule has 0 heterocycles. The first-order chi connectivity index (χ1) is 8.52. The highest BCUT2D eigenvalue weighted by molar-refractivity contribution is 9.10. The van der Waals surface area contributed by atoms with Crippen molar-refractivity contribution < 1.29 is 19.7 Å². The lowest BCUT2D eigenvalue weighted by Crippen LogP contribution is -2.09. The van der Waals surface area contributed by atoms with Crippen LogP contribution in [0.2, 0.25) is 0 Å². The normalized spacial score (nSPS) is 16.3. The number of halogens is 1. The van der Waals surface area contributed by atoms with Crippen LogP contribution in [-0.2, 0) is 4.79 Å². The predicted molar refractivity (Wildman–Crippen MR) is 70.1 cm³/mol. The highest BCUT2D eigenvalue weighted by atomic mass is 79.9. The van der Waals surface area contributed by atoms with Crippen molar-refractivity contribution in [2.45, 2.75) is 25.2 Å². The van der Waals surface area contributed by atoms with Crippen LogP contribution < -0.4 is 4.74 Å². The third-order valence-corrected chi connectivity index (χ3v) is 3.73. The average molecular weight is 315 g/mol. The summed E-state index contributed by atoms with van der Waals surface area (Å²) in [6.07, 6.45) is 2.08. The lowest BCUT2D eigenvalue weighted by molar-refractivity contribution is -0.137. The molecule has 18 heavy (non-hydrogen) atoms. The Bertz CT molecular complexity index is 468. The first kappa shape index (κ1) is 13.2. The fourth-order valence-electron chi connectivity index (χ4n) is 2.25. The van der Waals surface area contributed by atoms with Crippen LogP contribution in [0.4, 0.5) is 0 Å². The molecule has 1 aliphatic carbocycles. The van der Waals surface area contributed by atoms with Crippen LogP contribution in [0.15, 0.2) is 16.6 Å². The zero-order chi connectivity index (χ0) is 13.3. The molecule has 5 heteroatoms. The first-order valence-electron chi connectivity index (χ1n) is 5.81. The van der Waals surface area contributed by atoms with Gasteiger partial charge in [-0.2, -0.15) is 0 Å². The SMILES string of the molecule is COc1cc(Br)cc(C(CC(=O)O)C2CC2)c1O. The topological polar surface area (TPSA) is 66.8 Å². The van der Waals surface area contributed by atoms with Crippen molar-refractivity contribution in [1.29, 1.82) is 0 Å². The molecule has 0 aliphatic heterocycles. The number of aliphatic carboxylic acids is 1. The second kappa shape index (κ2) is 5.18. The second-order valence-electron chi connectivity index (χ2n) is 4.59. The van der Waals surface area contributed by atoms with Crippen molar-refractivity contribution in [1.82, 2.24) is 0 Å². The molecule has 0 radical (unpaired) electrons. The summed E-state index contributed by atoms with van der Waals surface area (Å²) in [5.41, 5.74) is 0.658. The molecule has 0 aromatic heterocycles. The van der Waals surface area contributed by atoms with Crippen LogP contribution in [0.3, 0.4) is 0 Å². The van der Waals surface area contributed by atoms with Gasteiger partial charge in [0, 0.05) is 16.0 Å². The van der Waals surface area contributed by atoms with Gasteiger partial charge in [-0.3, -0.25) is 4.79 Å². The van der Waals surface area contributed by atoms with Crippen LogP contribution in [0.1, 0.15) is 30.7 Å². The van der Waals surface area contributed by atoms with Crippen LogP contribution in [0.5, 0.6) is 11.5 Å². The van der Waals surface area contributed by atoms with Gasteiger partial charge in [-0.1, -0.05) is 15.9 Å².